The van der Waals surface area contributed by atoms with Crippen LogP contribution in [-0.2, 0) is 9.63 Å². The molecule has 7 heteroatoms. The Kier molecular flexibility index (Phi) is 3.79. The fourth-order valence-corrected chi connectivity index (χ4v) is 2.26. The number of alkyl halides is 3. The molecule has 102 valence electrons. The van der Waals surface area contributed by atoms with Crippen LogP contribution in [0.15, 0.2) is 11.3 Å². The Morgan fingerprint density at radius 1 is 1.33 bits per heavy atom. The minimum Gasteiger partial charge on any atom is -0.353 e. The number of allylic oxidation sites excluding steroid dienone is 1. The monoisotopic (exact) mass is 264 g/mol. The fourth-order valence-electron chi connectivity index (χ4n) is 2.26. The van der Waals surface area contributed by atoms with Crippen LogP contribution in [0.25, 0.3) is 0 Å². The van der Waals surface area contributed by atoms with Crippen LogP contribution >= 0.6 is 0 Å². The molecule has 0 aromatic carbocycles. The van der Waals surface area contributed by atoms with Crippen molar-refractivity contribution in [3.8, 4) is 0 Å². The second-order valence-corrected chi connectivity index (χ2v) is 4.58. The third-order valence-electron chi connectivity index (χ3n) is 3.12. The first kappa shape index (κ1) is 13.2. The maximum Gasteiger partial charge on any atom is 0.433 e. The van der Waals surface area contributed by atoms with Crippen molar-refractivity contribution in [2.45, 2.75) is 44.3 Å². The first-order valence-corrected chi connectivity index (χ1v) is 5.93. The largest absolute Gasteiger partial charge is 0.433 e. The van der Waals surface area contributed by atoms with E-state index in [0.717, 1.165) is 12.8 Å². The van der Waals surface area contributed by atoms with Crippen molar-refractivity contribution in [2.24, 2.45) is 0 Å². The number of hydroxylamine groups is 1. The predicted octanol–water partition coefficient (Wildman–Crippen LogP) is 1.79. The normalized spacial score (nSPS) is 25.7. The molecule has 0 saturated carbocycles. The molecule has 2 aliphatic heterocycles. The summed E-state index contributed by atoms with van der Waals surface area (Å²) in [5, 5.41) is 2.75. The number of hydrogen-bond acceptors (Lipinski definition) is 3. The third-order valence-corrected chi connectivity index (χ3v) is 3.12. The van der Waals surface area contributed by atoms with E-state index in [0.29, 0.717) is 12.8 Å². The fraction of sp³-hybridized carbons (Fsp3) is 0.727. The average molecular weight is 264 g/mol. The van der Waals surface area contributed by atoms with E-state index in [2.05, 4.69) is 10.2 Å². The molecule has 0 aromatic rings. The van der Waals surface area contributed by atoms with E-state index in [4.69, 9.17) is 0 Å². The van der Waals surface area contributed by atoms with Gasteiger partial charge in [0, 0.05) is 12.5 Å². The van der Waals surface area contributed by atoms with E-state index in [9.17, 15) is 18.0 Å². The van der Waals surface area contributed by atoms with Crippen molar-refractivity contribution in [1.29, 1.82) is 0 Å². The quantitative estimate of drug-likeness (QED) is 0.799. The minimum absolute atomic E-state index is 0.0821. The van der Waals surface area contributed by atoms with Crippen LogP contribution in [0.3, 0.4) is 0 Å². The van der Waals surface area contributed by atoms with E-state index in [1.165, 1.54) is 0 Å². The highest BCUT2D eigenvalue weighted by molar-refractivity contribution is 5.76. The molecule has 1 saturated heterocycles. The summed E-state index contributed by atoms with van der Waals surface area (Å²) in [5.74, 6) is -0.0847. The molecule has 0 spiro atoms. The molecule has 0 aliphatic carbocycles. The molecule has 0 aromatic heterocycles. The van der Waals surface area contributed by atoms with Gasteiger partial charge in [-0.3, -0.25) is 15.1 Å². The Bertz CT molecular complexity index is 366. The lowest BCUT2D eigenvalue weighted by Gasteiger charge is -2.17. The van der Waals surface area contributed by atoms with Crippen LogP contribution in [0.5, 0.6) is 0 Å². The summed E-state index contributed by atoms with van der Waals surface area (Å²) >= 11 is 0. The van der Waals surface area contributed by atoms with Gasteiger partial charge in [-0.2, -0.15) is 13.2 Å². The lowest BCUT2D eigenvalue weighted by atomic mass is 10.0. The highest BCUT2D eigenvalue weighted by Gasteiger charge is 2.40. The second kappa shape index (κ2) is 5.17. The van der Waals surface area contributed by atoms with Crippen LogP contribution in [0.2, 0.25) is 0 Å². The smallest absolute Gasteiger partial charge is 0.353 e. The Labute approximate surface area is 103 Å². The van der Waals surface area contributed by atoms with Gasteiger partial charge in [0.25, 0.3) is 0 Å². The molecule has 1 amide bonds. The van der Waals surface area contributed by atoms with Crippen LogP contribution < -0.4 is 10.8 Å². The minimum atomic E-state index is -4.43. The summed E-state index contributed by atoms with van der Waals surface area (Å²) in [6.45, 7) is -0.0821. The molecular formula is C11H15F3N2O2. The summed E-state index contributed by atoms with van der Waals surface area (Å²) in [6.07, 6.45) is -1.43. The molecule has 1 atom stereocenters. The van der Waals surface area contributed by atoms with Crippen molar-refractivity contribution in [3.05, 3.63) is 11.3 Å². The van der Waals surface area contributed by atoms with Gasteiger partial charge in [0.05, 0.1) is 6.61 Å². The first-order chi connectivity index (χ1) is 8.47. The summed E-state index contributed by atoms with van der Waals surface area (Å²) in [6, 6.07) is -0.226. The molecule has 1 unspecified atom stereocenters. The van der Waals surface area contributed by atoms with Gasteiger partial charge in [-0.1, -0.05) is 6.42 Å². The molecule has 2 rings (SSSR count). The van der Waals surface area contributed by atoms with Crippen LogP contribution in [0, 0.1) is 0 Å². The number of carbonyl (C=O) groups excluding carboxylic acids is 1. The zero-order chi connectivity index (χ0) is 13.2. The number of halogens is 3. The van der Waals surface area contributed by atoms with Crippen LogP contribution in [-0.4, -0.2) is 24.7 Å². The standard InChI is InChI=1S/C11H15F3N2O2/c12-11(13,14)10-7(6-18-16-10)5-8-3-1-2-4-9(17)15-8/h8,16H,1-6H2,(H,15,17). The Morgan fingerprint density at radius 3 is 2.83 bits per heavy atom. The molecule has 4 nitrogen and oxygen atoms in total. The van der Waals surface area contributed by atoms with Crippen molar-refractivity contribution in [1.82, 2.24) is 10.8 Å². The number of amides is 1. The molecule has 0 radical (unpaired) electrons. The molecule has 2 N–H and O–H groups in total. The summed E-state index contributed by atoms with van der Waals surface area (Å²) in [5.41, 5.74) is 1.26. The number of carbonyl (C=O) groups is 1. The van der Waals surface area contributed by atoms with E-state index in [1.54, 1.807) is 0 Å². The van der Waals surface area contributed by atoms with Gasteiger partial charge < -0.3 is 5.32 Å². The van der Waals surface area contributed by atoms with Gasteiger partial charge in [-0.05, 0) is 24.8 Å². The Morgan fingerprint density at radius 2 is 2.11 bits per heavy atom. The van der Waals surface area contributed by atoms with Gasteiger partial charge in [0.1, 0.15) is 5.70 Å². The molecule has 2 heterocycles. The van der Waals surface area contributed by atoms with E-state index in [-0.39, 0.29) is 30.5 Å². The lowest BCUT2D eigenvalue weighted by molar-refractivity contribution is -0.121. The number of nitrogens with one attached hydrogen (secondary N) is 2. The lowest BCUT2D eigenvalue weighted by Crippen LogP contribution is -2.33. The molecular weight excluding hydrogens is 249 g/mol. The van der Waals surface area contributed by atoms with Gasteiger partial charge >= 0.3 is 6.18 Å². The van der Waals surface area contributed by atoms with Gasteiger partial charge in [0.2, 0.25) is 5.91 Å². The Balaban J connectivity index is 2.05. The maximum absolute atomic E-state index is 12.6. The summed E-state index contributed by atoms with van der Waals surface area (Å²) in [7, 11) is 0. The van der Waals surface area contributed by atoms with E-state index < -0.39 is 11.9 Å². The van der Waals surface area contributed by atoms with Gasteiger partial charge in [-0.25, -0.2) is 0 Å². The summed E-state index contributed by atoms with van der Waals surface area (Å²) < 4.78 is 37.9. The molecule has 0 bridgehead atoms. The molecule has 1 fully saturated rings. The van der Waals surface area contributed by atoms with Crippen LogP contribution in [0.1, 0.15) is 32.1 Å². The highest BCUT2D eigenvalue weighted by Crippen LogP contribution is 2.31. The van der Waals surface area contributed by atoms with Gasteiger partial charge in [0.15, 0.2) is 0 Å². The average Bonchev–Trinajstić information content (AvgIpc) is 2.62. The zero-order valence-corrected chi connectivity index (χ0v) is 9.77. The first-order valence-electron chi connectivity index (χ1n) is 5.93. The van der Waals surface area contributed by atoms with Gasteiger partial charge in [-0.15, -0.1) is 0 Å². The molecule has 2 aliphatic rings. The Hall–Kier alpha value is -1.24. The van der Waals surface area contributed by atoms with E-state index >= 15 is 0 Å². The SMILES string of the molecule is O=C1CCCCC(CC2=C(C(F)(F)F)NOC2)N1. The van der Waals surface area contributed by atoms with Crippen molar-refractivity contribution in [3.63, 3.8) is 0 Å². The summed E-state index contributed by atoms with van der Waals surface area (Å²) in [4.78, 5) is 16.0. The third kappa shape index (κ3) is 3.16. The predicted molar refractivity (Wildman–Crippen MR) is 57.2 cm³/mol. The van der Waals surface area contributed by atoms with Crippen molar-refractivity contribution < 1.29 is 22.8 Å². The molecule has 18 heavy (non-hydrogen) atoms. The number of hydrogen-bond donors (Lipinski definition) is 2. The maximum atomic E-state index is 12.6. The van der Waals surface area contributed by atoms with Crippen LogP contribution in [0.4, 0.5) is 13.2 Å². The topological polar surface area (TPSA) is 50.4 Å². The highest BCUT2D eigenvalue weighted by atomic mass is 19.4. The zero-order valence-electron chi connectivity index (χ0n) is 9.77. The second-order valence-electron chi connectivity index (χ2n) is 4.58. The number of rotatable bonds is 2. The van der Waals surface area contributed by atoms with Crippen molar-refractivity contribution in [2.75, 3.05) is 6.61 Å². The van der Waals surface area contributed by atoms with E-state index in [1.807, 2.05) is 5.48 Å². The van der Waals surface area contributed by atoms with Crippen molar-refractivity contribution >= 4 is 5.91 Å².